The quantitative estimate of drug-likeness (QED) is 0.182. The summed E-state index contributed by atoms with van der Waals surface area (Å²) in [4.78, 5) is 5.14. The summed E-state index contributed by atoms with van der Waals surface area (Å²) in [6.07, 6.45) is 7.59. The van der Waals surface area contributed by atoms with E-state index in [0.717, 1.165) is 90.0 Å². The fourth-order valence-corrected chi connectivity index (χ4v) is 10.1. The fraction of sp³-hybridized carbons (Fsp3) is 0.240. The normalized spacial score (nSPS) is 18.4. The molecule has 270 valence electrons. The van der Waals surface area contributed by atoms with Crippen LogP contribution in [0.1, 0.15) is 52.4 Å². The van der Waals surface area contributed by atoms with E-state index in [9.17, 15) is 0 Å². The lowest BCUT2D eigenvalue weighted by atomic mass is 9.95. The number of benzene rings is 7. The van der Waals surface area contributed by atoms with Gasteiger partial charge in [-0.05, 0) is 135 Å². The molecular weight excluding hydrogens is 677 g/mol. The number of fused-ring (bicyclic) bond motifs is 12. The minimum absolute atomic E-state index is 0.545. The van der Waals surface area contributed by atoms with Crippen molar-refractivity contribution in [2.24, 2.45) is 0 Å². The molecule has 3 aromatic heterocycles. The van der Waals surface area contributed by atoms with Crippen LogP contribution in [0.25, 0.3) is 98.5 Å². The van der Waals surface area contributed by atoms with E-state index in [0.29, 0.717) is 12.1 Å². The van der Waals surface area contributed by atoms with E-state index >= 15 is 0 Å². The Hall–Kier alpha value is -5.94. The number of piperidine rings is 2. The van der Waals surface area contributed by atoms with Crippen LogP contribution in [0.5, 0.6) is 0 Å². The average Bonchev–Trinajstić information content (AvgIpc) is 3.89. The molecule has 10 aromatic rings. The Bertz CT molecular complexity index is 3180. The van der Waals surface area contributed by atoms with Crippen LogP contribution in [0.15, 0.2) is 122 Å². The van der Waals surface area contributed by atoms with Gasteiger partial charge in [0.15, 0.2) is 0 Å². The van der Waals surface area contributed by atoms with E-state index in [2.05, 4.69) is 121 Å². The van der Waals surface area contributed by atoms with Crippen LogP contribution < -0.4 is 9.80 Å². The molecule has 2 aliphatic rings. The van der Waals surface area contributed by atoms with Gasteiger partial charge in [0.2, 0.25) is 0 Å². The van der Waals surface area contributed by atoms with Crippen LogP contribution in [0.4, 0.5) is 11.4 Å². The van der Waals surface area contributed by atoms with Crippen molar-refractivity contribution in [3.63, 3.8) is 0 Å². The van der Waals surface area contributed by atoms with Gasteiger partial charge in [-0.1, -0.05) is 48.5 Å². The summed E-state index contributed by atoms with van der Waals surface area (Å²) in [6.45, 7) is 6.93. The first kappa shape index (κ1) is 31.4. The van der Waals surface area contributed by atoms with Crippen molar-refractivity contribution in [2.45, 2.75) is 64.5 Å². The average molecular weight is 719 g/mol. The number of nitrogens with zero attached hydrogens (tertiary/aromatic N) is 2. The predicted octanol–water partition coefficient (Wildman–Crippen LogP) is 14.1. The van der Waals surface area contributed by atoms with E-state index in [4.69, 9.17) is 13.3 Å². The van der Waals surface area contributed by atoms with Crippen LogP contribution in [-0.4, -0.2) is 25.2 Å². The zero-order chi connectivity index (χ0) is 36.4. The van der Waals surface area contributed by atoms with Gasteiger partial charge in [0.25, 0.3) is 0 Å². The SMILES string of the molecule is CC1CCCCN1c1ccc2cc3c(cc2c1)oc1cc(-c2cccc4c2oc2ccccc24)c2oc4cc5cc(N6CCCCC6C)ccc5cc4c2c13. The van der Waals surface area contributed by atoms with Gasteiger partial charge in [-0.15, -0.1) is 0 Å². The van der Waals surface area contributed by atoms with E-state index in [1.807, 2.05) is 12.1 Å². The Morgan fingerprint density at radius 3 is 1.75 bits per heavy atom. The van der Waals surface area contributed by atoms with E-state index < -0.39 is 0 Å². The van der Waals surface area contributed by atoms with Crippen LogP contribution in [-0.2, 0) is 0 Å². The maximum atomic E-state index is 7.08. The molecular formula is C50H42N2O3. The van der Waals surface area contributed by atoms with Crippen LogP contribution in [0.2, 0.25) is 0 Å². The summed E-state index contributed by atoms with van der Waals surface area (Å²) in [5.41, 5.74) is 9.77. The molecule has 0 radical (unpaired) electrons. The van der Waals surface area contributed by atoms with Gasteiger partial charge in [0, 0.05) is 80.0 Å². The number of anilines is 2. The minimum atomic E-state index is 0.545. The summed E-state index contributed by atoms with van der Waals surface area (Å²) in [5, 5.41) is 11.4. The van der Waals surface area contributed by atoms with Crippen LogP contribution in [0.3, 0.4) is 0 Å². The second kappa shape index (κ2) is 11.8. The second-order valence-corrected chi connectivity index (χ2v) is 16.3. The molecule has 5 nitrogen and oxygen atoms in total. The molecule has 0 spiro atoms. The van der Waals surface area contributed by atoms with Crippen molar-refractivity contribution in [3.8, 4) is 11.1 Å². The number of rotatable bonds is 3. The molecule has 2 fully saturated rings. The van der Waals surface area contributed by atoms with E-state index in [1.54, 1.807) is 0 Å². The van der Waals surface area contributed by atoms with Crippen molar-refractivity contribution < 1.29 is 13.3 Å². The van der Waals surface area contributed by atoms with Crippen molar-refractivity contribution in [2.75, 3.05) is 22.9 Å². The molecule has 0 aliphatic carbocycles. The van der Waals surface area contributed by atoms with E-state index in [-0.39, 0.29) is 0 Å². The van der Waals surface area contributed by atoms with Crippen molar-refractivity contribution in [1.82, 2.24) is 0 Å². The molecule has 0 amide bonds. The molecule has 7 aromatic carbocycles. The Labute approximate surface area is 318 Å². The molecule has 5 heterocycles. The minimum Gasteiger partial charge on any atom is -0.456 e. The third-order valence-electron chi connectivity index (χ3n) is 13.0. The summed E-state index contributed by atoms with van der Waals surface area (Å²) < 4.78 is 20.6. The fourth-order valence-electron chi connectivity index (χ4n) is 10.1. The highest BCUT2D eigenvalue weighted by molar-refractivity contribution is 6.30. The van der Waals surface area contributed by atoms with Crippen LogP contribution >= 0.6 is 0 Å². The van der Waals surface area contributed by atoms with Crippen molar-refractivity contribution in [1.29, 1.82) is 0 Å². The molecule has 12 rings (SSSR count). The van der Waals surface area contributed by atoms with Crippen molar-refractivity contribution >= 4 is 98.7 Å². The monoisotopic (exact) mass is 718 g/mol. The standard InChI is InChI=1S/C50H42N2O3/c1-29-10-5-7-20-51(29)35-18-16-31-24-41-44(26-33(31)22-35)53-46-28-40(39-14-9-13-38-37-12-3-4-15-43(37)54-49(38)39)50-48(47(41)46)42-25-32-17-19-36(23-34(32)27-45(42)55-50)52-21-8-6-11-30(52)2/h3-4,9,12-19,22-30H,5-8,10-11,20-21H2,1-2H3. The lowest BCUT2D eigenvalue weighted by Gasteiger charge is -2.35. The van der Waals surface area contributed by atoms with Gasteiger partial charge >= 0.3 is 0 Å². The Balaban J connectivity index is 1.13. The highest BCUT2D eigenvalue weighted by Gasteiger charge is 2.25. The Morgan fingerprint density at radius 1 is 0.436 bits per heavy atom. The molecule has 0 bridgehead atoms. The largest absolute Gasteiger partial charge is 0.456 e. The Morgan fingerprint density at radius 2 is 1.05 bits per heavy atom. The van der Waals surface area contributed by atoms with Crippen LogP contribution in [0, 0.1) is 0 Å². The maximum Gasteiger partial charge on any atom is 0.144 e. The lowest BCUT2D eigenvalue weighted by Crippen LogP contribution is -2.37. The number of hydrogen-bond donors (Lipinski definition) is 0. The molecule has 5 heteroatoms. The molecule has 0 N–H and O–H groups in total. The first-order valence-corrected chi connectivity index (χ1v) is 20.2. The zero-order valence-electron chi connectivity index (χ0n) is 31.3. The molecule has 2 unspecified atom stereocenters. The van der Waals surface area contributed by atoms with Crippen molar-refractivity contribution in [3.05, 3.63) is 109 Å². The van der Waals surface area contributed by atoms with Gasteiger partial charge in [-0.3, -0.25) is 0 Å². The summed E-state index contributed by atoms with van der Waals surface area (Å²) in [5.74, 6) is 0. The summed E-state index contributed by atoms with van der Waals surface area (Å²) in [6, 6.07) is 41.1. The first-order valence-electron chi connectivity index (χ1n) is 20.2. The highest BCUT2D eigenvalue weighted by atomic mass is 16.3. The highest BCUT2D eigenvalue weighted by Crippen LogP contribution is 2.48. The van der Waals surface area contributed by atoms with Gasteiger partial charge in [-0.2, -0.15) is 0 Å². The molecule has 2 saturated heterocycles. The van der Waals surface area contributed by atoms with Gasteiger partial charge in [0.05, 0.1) is 0 Å². The molecule has 2 atom stereocenters. The third-order valence-corrected chi connectivity index (χ3v) is 13.0. The second-order valence-electron chi connectivity index (χ2n) is 16.3. The topological polar surface area (TPSA) is 45.9 Å². The molecule has 0 saturated carbocycles. The Kier molecular flexibility index (Phi) is 6.73. The molecule has 55 heavy (non-hydrogen) atoms. The zero-order valence-corrected chi connectivity index (χ0v) is 31.3. The number of para-hydroxylation sites is 2. The van der Waals surface area contributed by atoms with E-state index in [1.165, 1.54) is 71.4 Å². The van der Waals surface area contributed by atoms with Gasteiger partial charge < -0.3 is 23.1 Å². The summed E-state index contributed by atoms with van der Waals surface area (Å²) >= 11 is 0. The molecule has 2 aliphatic heterocycles. The first-order chi connectivity index (χ1) is 27.1. The number of hydrogen-bond acceptors (Lipinski definition) is 5. The summed E-state index contributed by atoms with van der Waals surface area (Å²) in [7, 11) is 0. The maximum absolute atomic E-state index is 7.08. The predicted molar refractivity (Wildman–Crippen MR) is 230 cm³/mol. The van der Waals surface area contributed by atoms with Gasteiger partial charge in [0.1, 0.15) is 33.5 Å². The third kappa shape index (κ3) is 4.71. The lowest BCUT2D eigenvalue weighted by molar-refractivity contribution is 0.485. The number of furan rings is 3. The van der Waals surface area contributed by atoms with Gasteiger partial charge in [-0.25, -0.2) is 0 Å². The smallest absolute Gasteiger partial charge is 0.144 e.